The molecule has 2 rings (SSSR count). The van der Waals surface area contributed by atoms with Gasteiger partial charge in [0.15, 0.2) is 11.5 Å². The Labute approximate surface area is 145 Å². The molecule has 1 aliphatic rings. The van der Waals surface area contributed by atoms with Crippen LogP contribution in [0.2, 0.25) is 0 Å². The number of ketones is 1. The number of aliphatic hydroxyl groups excluding tert-OH is 1. The molecule has 134 valence electrons. The molecule has 1 aromatic rings. The number of amides is 1. The Bertz CT molecular complexity index is 736. The number of hydrogen-bond acceptors (Lipinski definition) is 4. The fourth-order valence-electron chi connectivity index (χ4n) is 2.96. The summed E-state index contributed by atoms with van der Waals surface area (Å²) in [6, 6.07) is 3.68. The zero-order valence-corrected chi connectivity index (χ0v) is 14.4. The quantitative estimate of drug-likeness (QED) is 0.804. The Balaban J connectivity index is 2.49. The van der Waals surface area contributed by atoms with E-state index in [1.54, 1.807) is 20.8 Å². The molecule has 0 saturated heterocycles. The number of halogens is 1. The minimum atomic E-state index is -1.72. The van der Waals surface area contributed by atoms with Crippen LogP contribution < -0.4 is 5.32 Å². The van der Waals surface area contributed by atoms with Crippen molar-refractivity contribution in [3.05, 3.63) is 41.0 Å². The van der Waals surface area contributed by atoms with Gasteiger partial charge in [-0.15, -0.1) is 0 Å². The first-order valence-electron chi connectivity index (χ1n) is 8.00. The highest BCUT2D eigenvalue weighted by Gasteiger charge is 2.49. The first-order chi connectivity index (χ1) is 11.6. The second-order valence-electron chi connectivity index (χ2n) is 7.08. The van der Waals surface area contributed by atoms with E-state index in [1.807, 2.05) is 0 Å². The molecule has 1 saturated carbocycles. The van der Waals surface area contributed by atoms with Crippen molar-refractivity contribution in [1.29, 1.82) is 0 Å². The van der Waals surface area contributed by atoms with Crippen molar-refractivity contribution < 1.29 is 23.8 Å². The van der Waals surface area contributed by atoms with Crippen LogP contribution in [0.1, 0.15) is 45.6 Å². The fourth-order valence-corrected chi connectivity index (χ4v) is 2.96. The van der Waals surface area contributed by atoms with Gasteiger partial charge < -0.3 is 15.2 Å². The first-order valence-corrected chi connectivity index (χ1v) is 8.00. The molecule has 2 N–H and O–H groups in total. The number of carbonyl (C=O) groups is 2. The smallest absolute Gasteiger partial charge is 0.408 e. The molecule has 1 amide bonds. The number of nitrogens with one attached hydrogen (secondary N) is 1. The van der Waals surface area contributed by atoms with E-state index in [2.05, 4.69) is 10.2 Å². The van der Waals surface area contributed by atoms with Gasteiger partial charge in [0.2, 0.25) is 0 Å². The van der Waals surface area contributed by atoms with Gasteiger partial charge in [-0.05, 0) is 46.1 Å². The van der Waals surface area contributed by atoms with Crippen LogP contribution in [0.4, 0.5) is 14.9 Å². The minimum absolute atomic E-state index is 0.0745. The van der Waals surface area contributed by atoms with Crippen LogP contribution in [0.5, 0.6) is 0 Å². The molecule has 0 aliphatic heterocycles. The van der Waals surface area contributed by atoms with Gasteiger partial charge in [-0.1, -0.05) is 12.1 Å². The molecule has 1 fully saturated rings. The van der Waals surface area contributed by atoms with E-state index in [0.717, 1.165) is 6.07 Å². The average molecular weight is 348 g/mol. The maximum absolute atomic E-state index is 14.6. The van der Waals surface area contributed by atoms with E-state index in [4.69, 9.17) is 11.3 Å². The summed E-state index contributed by atoms with van der Waals surface area (Å²) in [5, 5.41) is 12.5. The average Bonchev–Trinajstić information content (AvgIpc) is 2.50. The van der Waals surface area contributed by atoms with Gasteiger partial charge in [-0.2, -0.15) is 0 Å². The molecule has 0 bridgehead atoms. The first kappa shape index (κ1) is 18.9. The Morgan fingerprint density at radius 1 is 1.48 bits per heavy atom. The molecule has 1 aliphatic carbocycles. The second-order valence-corrected chi connectivity index (χ2v) is 7.08. The van der Waals surface area contributed by atoms with E-state index in [-0.39, 0.29) is 24.1 Å². The SMILES string of the molecule is [C-]#[N+]c1ccc(C2(NC(=O)OC(C)(C)C)CCCC(O)C2=O)c(F)c1. The number of benzene rings is 1. The predicted octanol–water partition coefficient (Wildman–Crippen LogP) is 3.21. The Morgan fingerprint density at radius 3 is 2.72 bits per heavy atom. The summed E-state index contributed by atoms with van der Waals surface area (Å²) >= 11 is 0. The van der Waals surface area contributed by atoms with Crippen molar-refractivity contribution >= 4 is 17.6 Å². The molecule has 25 heavy (non-hydrogen) atoms. The topological polar surface area (TPSA) is 80.0 Å². The van der Waals surface area contributed by atoms with Crippen LogP contribution >= 0.6 is 0 Å². The Hall–Kier alpha value is -2.46. The molecule has 0 heterocycles. The predicted molar refractivity (Wildman–Crippen MR) is 88.6 cm³/mol. The largest absolute Gasteiger partial charge is 0.444 e. The minimum Gasteiger partial charge on any atom is -0.444 e. The maximum atomic E-state index is 14.6. The monoisotopic (exact) mass is 348 g/mol. The van der Waals surface area contributed by atoms with Gasteiger partial charge in [0, 0.05) is 5.56 Å². The van der Waals surface area contributed by atoms with E-state index in [0.29, 0.717) is 6.42 Å². The lowest BCUT2D eigenvalue weighted by Crippen LogP contribution is -2.58. The third-order valence-corrected chi connectivity index (χ3v) is 4.01. The van der Waals surface area contributed by atoms with Crippen molar-refractivity contribution in [1.82, 2.24) is 5.32 Å². The van der Waals surface area contributed by atoms with Gasteiger partial charge in [-0.25, -0.2) is 14.0 Å². The van der Waals surface area contributed by atoms with Crippen molar-refractivity contribution in [2.75, 3.05) is 0 Å². The second kappa shape index (κ2) is 6.81. The number of aliphatic hydroxyl groups is 1. The molecule has 0 radical (unpaired) electrons. The molecule has 2 atom stereocenters. The van der Waals surface area contributed by atoms with Gasteiger partial charge >= 0.3 is 6.09 Å². The van der Waals surface area contributed by atoms with Gasteiger partial charge in [0.05, 0.1) is 6.57 Å². The highest BCUT2D eigenvalue weighted by molar-refractivity contribution is 5.96. The van der Waals surface area contributed by atoms with Crippen molar-refractivity contribution in [3.63, 3.8) is 0 Å². The van der Waals surface area contributed by atoms with Crippen LogP contribution in [0, 0.1) is 12.4 Å². The molecule has 0 spiro atoms. The van der Waals surface area contributed by atoms with Crippen LogP contribution in [0.15, 0.2) is 18.2 Å². The number of alkyl carbamates (subject to hydrolysis) is 1. The normalized spacial score (nSPS) is 23.7. The molecular formula is C18H21FN2O4. The Morgan fingerprint density at radius 2 is 2.16 bits per heavy atom. The lowest BCUT2D eigenvalue weighted by Gasteiger charge is -2.39. The number of hydrogen-bond donors (Lipinski definition) is 2. The van der Waals surface area contributed by atoms with E-state index >= 15 is 0 Å². The summed E-state index contributed by atoms with van der Waals surface area (Å²) < 4.78 is 19.8. The van der Waals surface area contributed by atoms with Crippen LogP contribution in [0.25, 0.3) is 4.85 Å². The van der Waals surface area contributed by atoms with Crippen molar-refractivity contribution in [2.24, 2.45) is 0 Å². The summed E-state index contributed by atoms with van der Waals surface area (Å²) in [6.07, 6.45) is -1.37. The highest BCUT2D eigenvalue weighted by Crippen LogP contribution is 2.37. The van der Waals surface area contributed by atoms with Crippen molar-refractivity contribution in [2.45, 2.75) is 57.3 Å². The summed E-state index contributed by atoms with van der Waals surface area (Å²) in [4.78, 5) is 28.1. The molecule has 6 nitrogen and oxygen atoms in total. The third kappa shape index (κ3) is 3.97. The molecule has 2 unspecified atom stereocenters. The summed E-state index contributed by atoms with van der Waals surface area (Å²) in [5.41, 5.74) is -2.51. The number of ether oxygens (including phenoxy) is 1. The van der Waals surface area contributed by atoms with Gasteiger partial charge in [0.1, 0.15) is 23.1 Å². The lowest BCUT2D eigenvalue weighted by molar-refractivity contribution is -0.138. The number of nitrogens with zero attached hydrogens (tertiary/aromatic N) is 1. The summed E-state index contributed by atoms with van der Waals surface area (Å²) in [5.74, 6) is -1.47. The van der Waals surface area contributed by atoms with E-state index in [9.17, 15) is 19.1 Å². The van der Waals surface area contributed by atoms with Crippen molar-refractivity contribution in [3.8, 4) is 0 Å². The highest BCUT2D eigenvalue weighted by atomic mass is 19.1. The van der Waals surface area contributed by atoms with Crippen LogP contribution in [-0.2, 0) is 15.1 Å². The molecule has 1 aromatic carbocycles. The third-order valence-electron chi connectivity index (χ3n) is 4.01. The van der Waals surface area contributed by atoms with Gasteiger partial charge in [0.25, 0.3) is 0 Å². The Kier molecular flexibility index (Phi) is 5.14. The number of Topliss-reactive ketones (excluding diaryl/α,β-unsaturated/α-hetero) is 1. The van der Waals surface area contributed by atoms with Crippen LogP contribution in [-0.4, -0.2) is 28.7 Å². The zero-order valence-electron chi connectivity index (χ0n) is 14.4. The van der Waals surface area contributed by atoms with Crippen LogP contribution in [0.3, 0.4) is 0 Å². The standard InChI is InChI=1S/C18H21FN2O4/c1-17(2,3)25-16(24)21-18(9-5-6-14(22)15(18)23)12-8-7-11(20-4)10-13(12)19/h7-8,10,14,22H,5-6,9H2,1-3H3,(H,21,24). The van der Waals surface area contributed by atoms with E-state index in [1.165, 1.54) is 12.1 Å². The summed E-state index contributed by atoms with van der Waals surface area (Å²) in [7, 11) is 0. The molecule has 7 heteroatoms. The van der Waals surface area contributed by atoms with E-state index < -0.39 is 34.9 Å². The fraction of sp³-hybridized carbons (Fsp3) is 0.500. The lowest BCUT2D eigenvalue weighted by atomic mass is 9.74. The molecule has 0 aromatic heterocycles. The summed E-state index contributed by atoms with van der Waals surface area (Å²) in [6.45, 7) is 12.0. The number of carbonyl (C=O) groups excluding carboxylic acids is 2. The maximum Gasteiger partial charge on any atom is 0.408 e. The number of rotatable bonds is 2. The van der Waals surface area contributed by atoms with Gasteiger partial charge in [-0.3, -0.25) is 4.79 Å². The zero-order chi connectivity index (χ0) is 18.8. The molecular weight excluding hydrogens is 327 g/mol.